The Kier molecular flexibility index (Phi) is 5.15. The number of sulfone groups is 1. The van der Waals surface area contributed by atoms with E-state index in [1.807, 2.05) is 0 Å². The van der Waals surface area contributed by atoms with E-state index in [1.165, 1.54) is 24.3 Å². The third-order valence-electron chi connectivity index (χ3n) is 3.49. The molecule has 0 aliphatic carbocycles. The molecule has 0 spiro atoms. The first-order valence-electron chi connectivity index (χ1n) is 7.31. The van der Waals surface area contributed by atoms with Crippen molar-refractivity contribution >= 4 is 27.6 Å². The van der Waals surface area contributed by atoms with E-state index in [1.54, 1.807) is 6.92 Å². The molecule has 2 rings (SSSR count). The van der Waals surface area contributed by atoms with Crippen LogP contribution in [-0.4, -0.2) is 37.9 Å². The van der Waals surface area contributed by atoms with Gasteiger partial charge in [0.1, 0.15) is 6.04 Å². The van der Waals surface area contributed by atoms with E-state index in [4.69, 9.17) is 0 Å². The average molecular weight is 338 g/mol. The molecule has 1 saturated heterocycles. The summed E-state index contributed by atoms with van der Waals surface area (Å²) in [7, 11) is -3.33. The fourth-order valence-corrected chi connectivity index (χ4v) is 3.60. The first-order chi connectivity index (χ1) is 10.8. The number of amides is 3. The Labute approximate surface area is 134 Å². The monoisotopic (exact) mass is 338 g/mol. The fraction of sp³-hybridized carbons (Fsp3) is 0.400. The standard InChI is InChI=1S/C15H18N2O5S/c1-2-9-23(21,22)11-5-3-10(4-6-11)14(19)16-12-7-8-13(18)17-15(12)20/h3-6,12H,2,7-9H2,1H3,(H,16,19)(H,17,18,20). The van der Waals surface area contributed by atoms with Crippen LogP contribution < -0.4 is 10.6 Å². The maximum absolute atomic E-state index is 12.1. The van der Waals surface area contributed by atoms with Crippen LogP contribution in [0.3, 0.4) is 0 Å². The van der Waals surface area contributed by atoms with E-state index in [0.717, 1.165) is 0 Å². The van der Waals surface area contributed by atoms with E-state index in [9.17, 15) is 22.8 Å². The molecule has 1 heterocycles. The lowest BCUT2D eigenvalue weighted by Gasteiger charge is -2.21. The molecule has 1 aromatic carbocycles. The summed E-state index contributed by atoms with van der Waals surface area (Å²) in [5.41, 5.74) is 0.255. The Morgan fingerprint density at radius 1 is 1.26 bits per heavy atom. The van der Waals surface area contributed by atoms with Crippen molar-refractivity contribution in [1.29, 1.82) is 0 Å². The van der Waals surface area contributed by atoms with Crippen LogP contribution in [0.1, 0.15) is 36.5 Å². The Balaban J connectivity index is 2.06. The van der Waals surface area contributed by atoms with Crippen molar-refractivity contribution in [2.75, 3.05) is 5.75 Å². The normalized spacial score (nSPS) is 18.4. The molecule has 1 unspecified atom stereocenters. The van der Waals surface area contributed by atoms with Crippen LogP contribution in [0.4, 0.5) is 0 Å². The molecule has 1 aromatic rings. The summed E-state index contributed by atoms with van der Waals surface area (Å²) < 4.78 is 23.8. The van der Waals surface area contributed by atoms with Crippen LogP contribution in [0.2, 0.25) is 0 Å². The van der Waals surface area contributed by atoms with Crippen molar-refractivity contribution in [1.82, 2.24) is 10.6 Å². The predicted octanol–water partition coefficient (Wildman–Crippen LogP) is 0.405. The van der Waals surface area contributed by atoms with Crippen molar-refractivity contribution in [2.24, 2.45) is 0 Å². The number of benzene rings is 1. The number of carbonyl (C=O) groups excluding carboxylic acids is 3. The average Bonchev–Trinajstić information content (AvgIpc) is 2.50. The van der Waals surface area contributed by atoms with Gasteiger partial charge < -0.3 is 5.32 Å². The van der Waals surface area contributed by atoms with Gasteiger partial charge >= 0.3 is 0 Å². The lowest BCUT2D eigenvalue weighted by Crippen LogP contribution is -2.52. The smallest absolute Gasteiger partial charge is 0.251 e. The van der Waals surface area contributed by atoms with Crippen LogP contribution in [0.5, 0.6) is 0 Å². The summed E-state index contributed by atoms with van der Waals surface area (Å²) in [5.74, 6) is -1.32. The maximum atomic E-state index is 12.1. The van der Waals surface area contributed by atoms with Crippen molar-refractivity contribution in [3.8, 4) is 0 Å². The Hall–Kier alpha value is -2.22. The molecule has 1 atom stereocenters. The molecular formula is C15H18N2O5S. The molecule has 0 radical (unpaired) electrons. The summed E-state index contributed by atoms with van der Waals surface area (Å²) in [5, 5.41) is 4.69. The molecule has 1 aliphatic heterocycles. The van der Waals surface area contributed by atoms with E-state index in [-0.39, 0.29) is 35.0 Å². The summed E-state index contributed by atoms with van der Waals surface area (Å²) in [6, 6.07) is 4.81. The predicted molar refractivity (Wildman–Crippen MR) is 82.4 cm³/mol. The second kappa shape index (κ2) is 6.91. The zero-order valence-electron chi connectivity index (χ0n) is 12.7. The number of nitrogens with one attached hydrogen (secondary N) is 2. The first-order valence-corrected chi connectivity index (χ1v) is 8.96. The van der Waals surface area contributed by atoms with Crippen molar-refractivity contribution in [3.05, 3.63) is 29.8 Å². The topological polar surface area (TPSA) is 109 Å². The summed E-state index contributed by atoms with van der Waals surface area (Å²) in [6.45, 7) is 1.78. The quantitative estimate of drug-likeness (QED) is 0.756. The lowest BCUT2D eigenvalue weighted by molar-refractivity contribution is -0.134. The Bertz CT molecular complexity index is 725. The minimum absolute atomic E-state index is 0.0504. The van der Waals surface area contributed by atoms with Crippen LogP contribution in [0.25, 0.3) is 0 Å². The molecular weight excluding hydrogens is 320 g/mol. The maximum Gasteiger partial charge on any atom is 0.251 e. The molecule has 3 amide bonds. The minimum Gasteiger partial charge on any atom is -0.340 e. The third kappa shape index (κ3) is 4.16. The van der Waals surface area contributed by atoms with Gasteiger partial charge in [0, 0.05) is 12.0 Å². The summed E-state index contributed by atoms with van der Waals surface area (Å²) in [6.07, 6.45) is 0.935. The molecule has 7 nitrogen and oxygen atoms in total. The highest BCUT2D eigenvalue weighted by atomic mass is 32.2. The number of carbonyl (C=O) groups is 3. The first kappa shape index (κ1) is 17.1. The number of rotatable bonds is 5. The fourth-order valence-electron chi connectivity index (χ4n) is 2.27. The second-order valence-corrected chi connectivity index (χ2v) is 7.43. The highest BCUT2D eigenvalue weighted by molar-refractivity contribution is 7.91. The van der Waals surface area contributed by atoms with Crippen molar-refractivity contribution < 1.29 is 22.8 Å². The highest BCUT2D eigenvalue weighted by Crippen LogP contribution is 2.14. The van der Waals surface area contributed by atoms with Crippen LogP contribution >= 0.6 is 0 Å². The number of imide groups is 1. The van der Waals surface area contributed by atoms with Gasteiger partial charge in [-0.3, -0.25) is 19.7 Å². The van der Waals surface area contributed by atoms with Crippen molar-refractivity contribution in [2.45, 2.75) is 37.1 Å². The number of hydrogen-bond acceptors (Lipinski definition) is 5. The molecule has 0 bridgehead atoms. The molecule has 2 N–H and O–H groups in total. The number of hydrogen-bond donors (Lipinski definition) is 2. The molecule has 0 saturated carbocycles. The minimum atomic E-state index is -3.33. The zero-order chi connectivity index (χ0) is 17.0. The third-order valence-corrected chi connectivity index (χ3v) is 5.43. The largest absolute Gasteiger partial charge is 0.340 e. The van der Waals surface area contributed by atoms with Gasteiger partial charge in [-0.15, -0.1) is 0 Å². The molecule has 124 valence electrons. The van der Waals surface area contributed by atoms with Gasteiger partial charge in [-0.25, -0.2) is 8.42 Å². The number of piperidine rings is 1. The second-order valence-electron chi connectivity index (χ2n) is 5.32. The Morgan fingerprint density at radius 2 is 1.91 bits per heavy atom. The Morgan fingerprint density at radius 3 is 2.48 bits per heavy atom. The molecule has 1 aliphatic rings. The SMILES string of the molecule is CCCS(=O)(=O)c1ccc(C(=O)NC2CCC(=O)NC2=O)cc1. The van der Waals surface area contributed by atoms with Crippen molar-refractivity contribution in [3.63, 3.8) is 0 Å². The van der Waals surface area contributed by atoms with Gasteiger partial charge in [0.2, 0.25) is 11.8 Å². The van der Waals surface area contributed by atoms with Gasteiger partial charge in [-0.2, -0.15) is 0 Å². The van der Waals surface area contributed by atoms with Gasteiger partial charge in [-0.05, 0) is 37.1 Å². The van der Waals surface area contributed by atoms with Crippen LogP contribution in [0, 0.1) is 0 Å². The van der Waals surface area contributed by atoms with Gasteiger partial charge in [0.05, 0.1) is 10.6 Å². The summed E-state index contributed by atoms with van der Waals surface area (Å²) >= 11 is 0. The van der Waals surface area contributed by atoms with Gasteiger partial charge in [0.25, 0.3) is 5.91 Å². The van der Waals surface area contributed by atoms with Gasteiger partial charge in [0.15, 0.2) is 9.84 Å². The highest BCUT2D eigenvalue weighted by Gasteiger charge is 2.28. The lowest BCUT2D eigenvalue weighted by atomic mass is 10.1. The zero-order valence-corrected chi connectivity index (χ0v) is 13.5. The van der Waals surface area contributed by atoms with Gasteiger partial charge in [-0.1, -0.05) is 6.92 Å². The molecule has 8 heteroatoms. The summed E-state index contributed by atoms with van der Waals surface area (Å²) in [4.78, 5) is 34.9. The van der Waals surface area contributed by atoms with E-state index in [0.29, 0.717) is 6.42 Å². The van der Waals surface area contributed by atoms with E-state index in [2.05, 4.69) is 10.6 Å². The molecule has 1 fully saturated rings. The molecule has 0 aromatic heterocycles. The van der Waals surface area contributed by atoms with Crippen LogP contribution in [0.15, 0.2) is 29.2 Å². The van der Waals surface area contributed by atoms with E-state index >= 15 is 0 Å². The van der Waals surface area contributed by atoms with Crippen LogP contribution in [-0.2, 0) is 19.4 Å². The molecule has 23 heavy (non-hydrogen) atoms. The van der Waals surface area contributed by atoms with E-state index < -0.39 is 27.7 Å².